The van der Waals surface area contributed by atoms with Crippen molar-refractivity contribution in [2.75, 3.05) is 11.9 Å². The van der Waals surface area contributed by atoms with E-state index in [1.807, 2.05) is 44.2 Å². The third-order valence-electron chi connectivity index (χ3n) is 4.73. The summed E-state index contributed by atoms with van der Waals surface area (Å²) in [5.74, 6) is -0.301. The van der Waals surface area contributed by atoms with Gasteiger partial charge in [-0.3, -0.25) is 9.78 Å². The fourth-order valence-electron chi connectivity index (χ4n) is 3.18. The molecule has 0 saturated carbocycles. The van der Waals surface area contributed by atoms with Crippen LogP contribution in [-0.2, 0) is 9.53 Å². The molecule has 2 aromatic carbocycles. The largest absolute Gasteiger partial charge is 0.452 e. The Balaban J connectivity index is 1.43. The molecule has 0 aliphatic heterocycles. The highest BCUT2D eigenvalue weighted by molar-refractivity contribution is 5.98. The lowest BCUT2D eigenvalue weighted by Crippen LogP contribution is -2.21. The van der Waals surface area contributed by atoms with Crippen molar-refractivity contribution >= 4 is 28.6 Å². The first kappa shape index (κ1) is 19.3. The van der Waals surface area contributed by atoms with Crippen LogP contribution in [0.2, 0.25) is 0 Å². The van der Waals surface area contributed by atoms with Gasteiger partial charge in [0.2, 0.25) is 0 Å². The van der Waals surface area contributed by atoms with Crippen molar-refractivity contribution in [1.29, 1.82) is 0 Å². The molecule has 2 heterocycles. The van der Waals surface area contributed by atoms with Crippen molar-refractivity contribution < 1.29 is 14.3 Å². The Morgan fingerprint density at radius 1 is 1.07 bits per heavy atom. The lowest BCUT2D eigenvalue weighted by molar-refractivity contribution is -0.119. The number of benzene rings is 2. The van der Waals surface area contributed by atoms with Gasteiger partial charge in [-0.1, -0.05) is 18.2 Å². The Bertz CT molecular complexity index is 1210. The predicted molar refractivity (Wildman–Crippen MR) is 114 cm³/mol. The number of carbonyl (C=O) groups excluding carboxylic acids is 2. The summed E-state index contributed by atoms with van der Waals surface area (Å²) in [6, 6.07) is 14.5. The molecule has 0 aliphatic carbocycles. The van der Waals surface area contributed by atoms with Crippen molar-refractivity contribution in [2.45, 2.75) is 13.8 Å². The number of hydrogen-bond acceptors (Lipinski definition) is 5. The topological polar surface area (TPSA) is 97.0 Å². The van der Waals surface area contributed by atoms with E-state index >= 15 is 0 Å². The number of imidazole rings is 1. The minimum atomic E-state index is -0.578. The van der Waals surface area contributed by atoms with E-state index in [1.54, 1.807) is 30.6 Å². The Morgan fingerprint density at radius 2 is 1.87 bits per heavy atom. The number of H-pyrrole nitrogens is 1. The molecule has 2 N–H and O–H groups in total. The zero-order chi connectivity index (χ0) is 21.1. The molecule has 7 heteroatoms. The van der Waals surface area contributed by atoms with Crippen LogP contribution in [0.1, 0.15) is 21.5 Å². The fraction of sp³-hybridized carbons (Fsp3) is 0.130. The van der Waals surface area contributed by atoms with Gasteiger partial charge in [0.1, 0.15) is 5.82 Å². The summed E-state index contributed by atoms with van der Waals surface area (Å²) >= 11 is 0. The summed E-state index contributed by atoms with van der Waals surface area (Å²) in [7, 11) is 0. The maximum absolute atomic E-state index is 12.4. The molecule has 4 rings (SSSR count). The number of aromatic nitrogens is 3. The van der Waals surface area contributed by atoms with Gasteiger partial charge < -0.3 is 15.0 Å². The van der Waals surface area contributed by atoms with E-state index in [4.69, 9.17) is 4.74 Å². The number of hydrogen-bond donors (Lipinski definition) is 2. The Morgan fingerprint density at radius 3 is 2.60 bits per heavy atom. The third kappa shape index (κ3) is 4.05. The van der Waals surface area contributed by atoms with Crippen molar-refractivity contribution in [1.82, 2.24) is 15.0 Å². The van der Waals surface area contributed by atoms with Gasteiger partial charge >= 0.3 is 5.97 Å². The average molecular weight is 400 g/mol. The third-order valence-corrected chi connectivity index (χ3v) is 4.73. The van der Waals surface area contributed by atoms with Crippen molar-refractivity contribution in [3.8, 4) is 11.4 Å². The number of fused-ring (bicyclic) bond motifs is 1. The molecule has 0 atom stereocenters. The highest BCUT2D eigenvalue weighted by Gasteiger charge is 2.14. The van der Waals surface area contributed by atoms with Crippen LogP contribution in [0, 0.1) is 13.8 Å². The quantitative estimate of drug-likeness (QED) is 0.493. The van der Waals surface area contributed by atoms with E-state index in [0.29, 0.717) is 16.9 Å². The monoisotopic (exact) mass is 400 g/mol. The van der Waals surface area contributed by atoms with E-state index in [1.165, 1.54) is 0 Å². The number of para-hydroxylation sites is 1. The van der Waals surface area contributed by atoms with Crippen LogP contribution in [0.3, 0.4) is 0 Å². The van der Waals surface area contributed by atoms with Crippen LogP contribution >= 0.6 is 0 Å². The summed E-state index contributed by atoms with van der Waals surface area (Å²) in [5.41, 5.74) is 5.24. The number of anilines is 1. The molecular formula is C23H20N4O3. The molecule has 2 aromatic heterocycles. The van der Waals surface area contributed by atoms with Gasteiger partial charge in [-0.25, -0.2) is 9.78 Å². The Kier molecular flexibility index (Phi) is 5.26. The Labute approximate surface area is 173 Å². The van der Waals surface area contributed by atoms with E-state index in [9.17, 15) is 9.59 Å². The van der Waals surface area contributed by atoms with Gasteiger partial charge in [-0.05, 0) is 55.3 Å². The van der Waals surface area contributed by atoms with Crippen LogP contribution in [0.15, 0.2) is 60.9 Å². The molecule has 30 heavy (non-hydrogen) atoms. The molecule has 0 saturated heterocycles. The molecule has 1 amide bonds. The fourth-order valence-corrected chi connectivity index (χ4v) is 3.18. The van der Waals surface area contributed by atoms with E-state index in [-0.39, 0.29) is 12.5 Å². The number of nitrogens with zero attached hydrogens (tertiary/aromatic N) is 2. The summed E-state index contributed by atoms with van der Waals surface area (Å²) in [4.78, 5) is 36.4. The molecule has 7 nitrogen and oxygen atoms in total. The summed E-state index contributed by atoms with van der Waals surface area (Å²) in [6.45, 7) is 3.45. The molecular weight excluding hydrogens is 380 g/mol. The maximum Gasteiger partial charge on any atom is 0.338 e. The summed E-state index contributed by atoms with van der Waals surface area (Å²) in [5, 5.41) is 2.80. The SMILES string of the molecule is Cc1cccc(C)c1NC(=O)COC(=O)c1ccc2nc(-c3cccnc3)[nH]c2c1. The highest BCUT2D eigenvalue weighted by atomic mass is 16.5. The van der Waals surface area contributed by atoms with Crippen LogP contribution in [-0.4, -0.2) is 33.4 Å². The lowest BCUT2D eigenvalue weighted by Gasteiger charge is -2.11. The molecule has 0 bridgehead atoms. The molecule has 0 aliphatic rings. The normalized spacial score (nSPS) is 10.7. The van der Waals surface area contributed by atoms with Gasteiger partial charge in [0, 0.05) is 23.6 Å². The molecule has 0 fully saturated rings. The molecule has 0 spiro atoms. The second kappa shape index (κ2) is 8.16. The minimum absolute atomic E-state index is 0.337. The van der Waals surface area contributed by atoms with Crippen molar-refractivity contribution in [2.24, 2.45) is 0 Å². The van der Waals surface area contributed by atoms with Crippen LogP contribution in [0.5, 0.6) is 0 Å². The number of rotatable bonds is 5. The molecule has 150 valence electrons. The molecule has 0 unspecified atom stereocenters. The number of esters is 1. The lowest BCUT2D eigenvalue weighted by atomic mass is 10.1. The van der Waals surface area contributed by atoms with Crippen LogP contribution in [0.25, 0.3) is 22.4 Å². The van der Waals surface area contributed by atoms with Crippen LogP contribution in [0.4, 0.5) is 5.69 Å². The van der Waals surface area contributed by atoms with Gasteiger partial charge in [0.15, 0.2) is 6.61 Å². The van der Waals surface area contributed by atoms with Gasteiger partial charge in [-0.15, -0.1) is 0 Å². The zero-order valence-electron chi connectivity index (χ0n) is 16.6. The predicted octanol–water partition coefficient (Wildman–Crippen LogP) is 4.04. The maximum atomic E-state index is 12.4. The van der Waals surface area contributed by atoms with Crippen molar-refractivity contribution in [3.05, 3.63) is 77.6 Å². The number of pyridine rings is 1. The van der Waals surface area contributed by atoms with E-state index < -0.39 is 5.97 Å². The van der Waals surface area contributed by atoms with E-state index in [2.05, 4.69) is 20.3 Å². The highest BCUT2D eigenvalue weighted by Crippen LogP contribution is 2.21. The number of aromatic amines is 1. The van der Waals surface area contributed by atoms with Crippen LogP contribution < -0.4 is 5.32 Å². The standard InChI is InChI=1S/C23H20N4O3/c1-14-5-3-6-15(2)21(14)27-20(28)13-30-23(29)16-8-9-18-19(11-16)26-22(25-18)17-7-4-10-24-12-17/h3-12H,13H2,1-2H3,(H,25,26)(H,27,28). The second-order valence-corrected chi connectivity index (χ2v) is 6.95. The first-order chi connectivity index (χ1) is 14.5. The number of carbonyl (C=O) groups is 2. The number of ether oxygens (including phenoxy) is 1. The molecule has 0 radical (unpaired) electrons. The second-order valence-electron chi connectivity index (χ2n) is 6.95. The number of nitrogens with one attached hydrogen (secondary N) is 2. The minimum Gasteiger partial charge on any atom is -0.452 e. The van der Waals surface area contributed by atoms with Gasteiger partial charge in [0.05, 0.1) is 16.6 Å². The van der Waals surface area contributed by atoms with Gasteiger partial charge in [0.25, 0.3) is 5.91 Å². The summed E-state index contributed by atoms with van der Waals surface area (Å²) in [6.07, 6.45) is 3.40. The summed E-state index contributed by atoms with van der Waals surface area (Å²) < 4.78 is 5.19. The van der Waals surface area contributed by atoms with Crippen molar-refractivity contribution in [3.63, 3.8) is 0 Å². The average Bonchev–Trinajstić information content (AvgIpc) is 3.19. The first-order valence-electron chi connectivity index (χ1n) is 9.44. The zero-order valence-corrected chi connectivity index (χ0v) is 16.6. The first-order valence-corrected chi connectivity index (χ1v) is 9.44. The Hall–Kier alpha value is -4.00. The van der Waals surface area contributed by atoms with E-state index in [0.717, 1.165) is 27.9 Å². The number of amides is 1. The number of aryl methyl sites for hydroxylation is 2. The van der Waals surface area contributed by atoms with Gasteiger partial charge in [-0.2, -0.15) is 0 Å². The molecule has 4 aromatic rings. The smallest absolute Gasteiger partial charge is 0.338 e.